The molecule has 1 N–H and O–H groups in total. The van der Waals surface area contributed by atoms with Gasteiger partial charge in [-0.15, -0.1) is 21.5 Å². The highest BCUT2D eigenvalue weighted by atomic mass is 32.2. The standard InChI is InChI=1S/C12H15N3O3S5/c1-19-11-14-15-12(22-11)20-7-9(16)10-4-3-8(21-10)5-6-13-23(2,17)18/h3-4,13H,5-7H2,1-2H3. The third kappa shape index (κ3) is 6.51. The van der Waals surface area contributed by atoms with Crippen molar-refractivity contribution in [1.82, 2.24) is 14.9 Å². The van der Waals surface area contributed by atoms with Crippen LogP contribution in [0.3, 0.4) is 0 Å². The van der Waals surface area contributed by atoms with E-state index in [0.717, 1.165) is 19.8 Å². The van der Waals surface area contributed by atoms with Crippen molar-refractivity contribution in [2.45, 2.75) is 15.1 Å². The molecule has 0 bridgehead atoms. The molecule has 2 heterocycles. The molecule has 0 aliphatic carbocycles. The lowest BCUT2D eigenvalue weighted by Crippen LogP contribution is -2.23. The highest BCUT2D eigenvalue weighted by Gasteiger charge is 2.12. The van der Waals surface area contributed by atoms with Gasteiger partial charge in [0.15, 0.2) is 14.5 Å². The van der Waals surface area contributed by atoms with Crippen molar-refractivity contribution in [3.05, 3.63) is 21.9 Å². The molecule has 126 valence electrons. The SMILES string of the molecule is CSc1nnc(SCC(=O)c2ccc(CCNS(C)(=O)=O)s2)s1. The van der Waals surface area contributed by atoms with Gasteiger partial charge in [-0.05, 0) is 24.8 Å². The van der Waals surface area contributed by atoms with Crippen LogP contribution in [0, 0.1) is 0 Å². The normalized spacial score (nSPS) is 11.7. The Bertz CT molecular complexity index is 769. The van der Waals surface area contributed by atoms with Crippen molar-refractivity contribution in [2.24, 2.45) is 0 Å². The van der Waals surface area contributed by atoms with Gasteiger partial charge in [-0.2, -0.15) is 0 Å². The molecule has 6 nitrogen and oxygen atoms in total. The summed E-state index contributed by atoms with van der Waals surface area (Å²) in [7, 11) is -3.17. The summed E-state index contributed by atoms with van der Waals surface area (Å²) in [5, 5.41) is 8.01. The van der Waals surface area contributed by atoms with Crippen LogP contribution in [0.1, 0.15) is 14.5 Å². The topological polar surface area (TPSA) is 89.0 Å². The number of ketones is 1. The number of sulfonamides is 1. The lowest BCUT2D eigenvalue weighted by molar-refractivity contribution is 0.102. The number of hydrogen-bond acceptors (Lipinski definition) is 9. The molecule has 0 saturated carbocycles. The maximum Gasteiger partial charge on any atom is 0.208 e. The fourth-order valence-electron chi connectivity index (χ4n) is 1.56. The molecule has 0 unspecified atom stereocenters. The largest absolute Gasteiger partial charge is 0.292 e. The molecule has 2 aromatic rings. The molecule has 0 aromatic carbocycles. The Hall–Kier alpha value is -0.460. The third-order valence-corrected chi connectivity index (χ3v) is 7.51. The van der Waals surface area contributed by atoms with E-state index in [-0.39, 0.29) is 5.78 Å². The molecule has 0 saturated heterocycles. The highest BCUT2D eigenvalue weighted by Crippen LogP contribution is 2.28. The first kappa shape index (κ1) is 18.9. The van der Waals surface area contributed by atoms with E-state index < -0.39 is 10.0 Å². The van der Waals surface area contributed by atoms with Gasteiger partial charge in [0, 0.05) is 11.4 Å². The Kier molecular flexibility index (Phi) is 7.04. The number of rotatable bonds is 9. The number of nitrogens with one attached hydrogen (secondary N) is 1. The van der Waals surface area contributed by atoms with Gasteiger partial charge >= 0.3 is 0 Å². The lowest BCUT2D eigenvalue weighted by atomic mass is 10.3. The van der Waals surface area contributed by atoms with Gasteiger partial charge in [0.25, 0.3) is 0 Å². The zero-order valence-corrected chi connectivity index (χ0v) is 16.5. The molecule has 0 fully saturated rings. The molecule has 11 heteroatoms. The molecule has 0 atom stereocenters. The molecule has 0 aliphatic rings. The predicted octanol–water partition coefficient (Wildman–Crippen LogP) is 2.39. The Balaban J connectivity index is 1.83. The number of nitrogens with zero attached hydrogens (tertiary/aromatic N) is 2. The number of carbonyl (C=O) groups is 1. The minimum absolute atomic E-state index is 0.0447. The summed E-state index contributed by atoms with van der Waals surface area (Å²) < 4.78 is 26.1. The number of carbonyl (C=O) groups excluding carboxylic acids is 1. The van der Waals surface area contributed by atoms with Crippen molar-refractivity contribution in [1.29, 1.82) is 0 Å². The zero-order chi connectivity index (χ0) is 16.9. The first-order valence-corrected chi connectivity index (χ1v) is 12.2. The van der Waals surface area contributed by atoms with E-state index in [1.807, 2.05) is 12.3 Å². The fraction of sp³-hybridized carbons (Fsp3) is 0.417. The van der Waals surface area contributed by atoms with Crippen LogP contribution in [0.15, 0.2) is 20.8 Å². The number of thiophene rings is 1. The summed E-state index contributed by atoms with van der Waals surface area (Å²) in [6.45, 7) is 0.337. The van der Waals surface area contributed by atoms with E-state index in [2.05, 4.69) is 14.9 Å². The van der Waals surface area contributed by atoms with Gasteiger partial charge in [-0.3, -0.25) is 4.79 Å². The predicted molar refractivity (Wildman–Crippen MR) is 97.6 cm³/mol. The van der Waals surface area contributed by atoms with Gasteiger partial charge in [0.2, 0.25) is 10.0 Å². The highest BCUT2D eigenvalue weighted by molar-refractivity contribution is 8.03. The molecule has 2 aromatic heterocycles. The number of aromatic nitrogens is 2. The van der Waals surface area contributed by atoms with E-state index in [9.17, 15) is 13.2 Å². The first-order chi connectivity index (χ1) is 10.9. The van der Waals surface area contributed by atoms with Gasteiger partial charge < -0.3 is 0 Å². The lowest BCUT2D eigenvalue weighted by Gasteiger charge is -1.99. The van der Waals surface area contributed by atoms with E-state index in [1.165, 1.54) is 46.2 Å². The van der Waals surface area contributed by atoms with Crippen LogP contribution >= 0.6 is 46.2 Å². The van der Waals surface area contributed by atoms with Crippen molar-refractivity contribution in [2.75, 3.05) is 24.8 Å². The van der Waals surface area contributed by atoms with E-state index >= 15 is 0 Å². The summed E-state index contributed by atoms with van der Waals surface area (Å²) in [4.78, 5) is 13.8. The van der Waals surface area contributed by atoms with Gasteiger partial charge in [-0.25, -0.2) is 13.1 Å². The maximum atomic E-state index is 12.2. The molecular formula is C12H15N3O3S5. The second kappa shape index (κ2) is 8.58. The Labute approximate surface area is 151 Å². The Morgan fingerprint density at radius 2 is 2.00 bits per heavy atom. The van der Waals surface area contributed by atoms with Crippen LogP contribution in [0.2, 0.25) is 0 Å². The van der Waals surface area contributed by atoms with Crippen LogP contribution < -0.4 is 4.72 Å². The molecule has 0 radical (unpaired) electrons. The number of Topliss-reactive ketones (excluding diaryl/α,β-unsaturated/α-hetero) is 1. The summed E-state index contributed by atoms with van der Waals surface area (Å²) in [5.41, 5.74) is 0. The van der Waals surface area contributed by atoms with Crippen LogP contribution in [0.25, 0.3) is 0 Å². The minimum atomic E-state index is -3.17. The zero-order valence-electron chi connectivity index (χ0n) is 12.4. The summed E-state index contributed by atoms with van der Waals surface area (Å²) in [6.07, 6.45) is 3.64. The molecule has 2 rings (SSSR count). The van der Waals surface area contributed by atoms with E-state index in [1.54, 1.807) is 6.07 Å². The second-order valence-electron chi connectivity index (χ2n) is 4.43. The monoisotopic (exact) mass is 409 g/mol. The van der Waals surface area contributed by atoms with Crippen LogP contribution in [0.5, 0.6) is 0 Å². The molecular weight excluding hydrogens is 394 g/mol. The summed E-state index contributed by atoms with van der Waals surface area (Å²) in [5.74, 6) is 0.369. The summed E-state index contributed by atoms with van der Waals surface area (Å²) >= 11 is 5.80. The Morgan fingerprint density at radius 3 is 2.65 bits per heavy atom. The first-order valence-electron chi connectivity index (χ1n) is 6.44. The molecule has 0 spiro atoms. The Morgan fingerprint density at radius 1 is 1.26 bits per heavy atom. The van der Waals surface area contributed by atoms with Gasteiger partial charge in [0.1, 0.15) is 0 Å². The molecule has 0 aliphatic heterocycles. The second-order valence-corrected chi connectivity index (χ2v) is 10.7. The number of thioether (sulfide) groups is 2. The summed E-state index contributed by atoms with van der Waals surface area (Å²) in [6, 6.07) is 3.65. The van der Waals surface area contributed by atoms with Crippen LogP contribution in [-0.2, 0) is 16.4 Å². The average molecular weight is 410 g/mol. The molecule has 0 amide bonds. The third-order valence-electron chi connectivity index (χ3n) is 2.56. The van der Waals surface area contributed by atoms with Gasteiger partial charge in [-0.1, -0.05) is 34.9 Å². The van der Waals surface area contributed by atoms with Crippen molar-refractivity contribution in [3.63, 3.8) is 0 Å². The quantitative estimate of drug-likeness (QED) is 0.502. The average Bonchev–Trinajstić information content (AvgIpc) is 3.12. The maximum absolute atomic E-state index is 12.2. The van der Waals surface area contributed by atoms with Crippen LogP contribution in [0.4, 0.5) is 0 Å². The van der Waals surface area contributed by atoms with Crippen LogP contribution in [-0.4, -0.2) is 49.2 Å². The van der Waals surface area contributed by atoms with E-state index in [4.69, 9.17) is 0 Å². The fourth-order valence-corrected chi connectivity index (χ4v) is 5.39. The van der Waals surface area contributed by atoms with E-state index in [0.29, 0.717) is 23.6 Å². The smallest absolute Gasteiger partial charge is 0.208 e. The van der Waals surface area contributed by atoms with Crippen molar-refractivity contribution in [3.8, 4) is 0 Å². The van der Waals surface area contributed by atoms with Crippen molar-refractivity contribution >= 4 is 62.0 Å². The minimum Gasteiger partial charge on any atom is -0.292 e. The molecule has 23 heavy (non-hydrogen) atoms. The van der Waals surface area contributed by atoms with Gasteiger partial charge in [0.05, 0.1) is 16.9 Å². The van der Waals surface area contributed by atoms with Crippen molar-refractivity contribution < 1.29 is 13.2 Å². The number of hydrogen-bond donors (Lipinski definition) is 1.